The molecule has 0 unspecified atom stereocenters. The number of hydrogen-bond acceptors (Lipinski definition) is 12. The molecule has 204 valence electrons. The Labute approximate surface area is 215 Å². The van der Waals surface area contributed by atoms with Gasteiger partial charge in [-0.2, -0.15) is 0 Å². The molecule has 0 amide bonds. The molecule has 0 bridgehead atoms. The minimum atomic E-state index is -2.49. The Bertz CT molecular complexity index is 1230. The molecule has 1 fully saturated rings. The lowest BCUT2D eigenvalue weighted by Gasteiger charge is -2.40. The van der Waals surface area contributed by atoms with Crippen molar-refractivity contribution in [1.82, 2.24) is 0 Å². The number of benzene rings is 2. The number of aliphatic carboxylic acids is 1. The summed E-state index contributed by atoms with van der Waals surface area (Å²) in [7, 11) is 2.47. The van der Waals surface area contributed by atoms with Gasteiger partial charge in [0.1, 0.15) is 6.10 Å². The van der Waals surface area contributed by atoms with Crippen molar-refractivity contribution in [3.05, 3.63) is 47.5 Å². The molecule has 0 heterocycles. The van der Waals surface area contributed by atoms with Crippen molar-refractivity contribution >= 4 is 24.0 Å². The summed E-state index contributed by atoms with van der Waals surface area (Å²) in [6.07, 6.45) is -4.17. The highest BCUT2D eigenvalue weighted by molar-refractivity contribution is 5.91. The molecule has 13 heteroatoms. The van der Waals surface area contributed by atoms with Crippen LogP contribution in [0.3, 0.4) is 0 Å². The average Bonchev–Trinajstić information content (AvgIpc) is 2.86. The van der Waals surface area contributed by atoms with Crippen LogP contribution in [0, 0.1) is 0 Å². The number of carboxylic acid groups (broad SMARTS) is 1. The van der Waals surface area contributed by atoms with Crippen LogP contribution in [0.15, 0.2) is 36.4 Å². The molecule has 0 aliphatic heterocycles. The van der Waals surface area contributed by atoms with Crippen LogP contribution in [0.4, 0.5) is 0 Å². The summed E-state index contributed by atoms with van der Waals surface area (Å²) < 4.78 is 20.6. The second-order valence-corrected chi connectivity index (χ2v) is 8.47. The highest BCUT2D eigenvalue weighted by atomic mass is 16.6. The number of methoxy groups -OCH3 is 2. The molecule has 0 spiro atoms. The van der Waals surface area contributed by atoms with Crippen LogP contribution >= 0.6 is 0 Å². The number of rotatable bonds is 8. The molecule has 13 nitrogen and oxygen atoms in total. The van der Waals surface area contributed by atoms with Gasteiger partial charge < -0.3 is 49.6 Å². The summed E-state index contributed by atoms with van der Waals surface area (Å²) in [6, 6.07) is 6.01. The predicted molar refractivity (Wildman–Crippen MR) is 127 cm³/mol. The summed E-state index contributed by atoms with van der Waals surface area (Å²) >= 11 is 0. The molecule has 2 aromatic rings. The zero-order valence-electron chi connectivity index (χ0n) is 20.2. The summed E-state index contributed by atoms with van der Waals surface area (Å²) in [5.74, 6) is -5.21. The molecule has 0 saturated heterocycles. The maximum absolute atomic E-state index is 12.9. The molecular weight excluding hydrogens is 508 g/mol. The minimum absolute atomic E-state index is 0.129. The summed E-state index contributed by atoms with van der Waals surface area (Å²) in [5.41, 5.74) is -2.36. The molecule has 1 aliphatic rings. The normalized spacial score (nSPS) is 23.0. The summed E-state index contributed by atoms with van der Waals surface area (Å²) in [5, 5.41) is 59.5. The Morgan fingerprint density at radius 1 is 0.947 bits per heavy atom. The van der Waals surface area contributed by atoms with Gasteiger partial charge in [0, 0.05) is 18.9 Å². The van der Waals surface area contributed by atoms with Crippen LogP contribution in [0.2, 0.25) is 0 Å². The zero-order valence-corrected chi connectivity index (χ0v) is 20.2. The van der Waals surface area contributed by atoms with E-state index in [1.165, 1.54) is 38.5 Å². The van der Waals surface area contributed by atoms with Crippen LogP contribution in [0.25, 0.3) is 6.08 Å². The Kier molecular flexibility index (Phi) is 8.33. The van der Waals surface area contributed by atoms with Crippen LogP contribution in [0.1, 0.15) is 28.8 Å². The van der Waals surface area contributed by atoms with Gasteiger partial charge in [0.25, 0.3) is 0 Å². The molecule has 2 aromatic carbocycles. The molecule has 38 heavy (non-hydrogen) atoms. The van der Waals surface area contributed by atoms with Gasteiger partial charge in [-0.1, -0.05) is 6.07 Å². The fourth-order valence-corrected chi connectivity index (χ4v) is 3.88. The summed E-state index contributed by atoms with van der Waals surface area (Å²) in [6.45, 7) is 0. The number of ether oxygens (including phenoxy) is 4. The summed E-state index contributed by atoms with van der Waals surface area (Å²) in [4.78, 5) is 37.0. The van der Waals surface area contributed by atoms with Crippen molar-refractivity contribution in [1.29, 1.82) is 0 Å². The van der Waals surface area contributed by atoms with E-state index in [1.807, 2.05) is 0 Å². The second kappa shape index (κ2) is 11.3. The molecule has 0 radical (unpaired) electrons. The van der Waals surface area contributed by atoms with E-state index >= 15 is 0 Å². The smallest absolute Gasteiger partial charge is 0.338 e. The topological polar surface area (TPSA) is 210 Å². The van der Waals surface area contributed by atoms with E-state index in [0.717, 1.165) is 18.2 Å². The van der Waals surface area contributed by atoms with Crippen molar-refractivity contribution < 1.29 is 64.0 Å². The Morgan fingerprint density at radius 2 is 1.58 bits per heavy atom. The Morgan fingerprint density at radius 3 is 2.13 bits per heavy atom. The third-order valence-corrected chi connectivity index (χ3v) is 5.87. The number of aromatic hydroxyl groups is 3. The van der Waals surface area contributed by atoms with Gasteiger partial charge in [0.15, 0.2) is 34.7 Å². The quantitative estimate of drug-likeness (QED) is 0.158. The van der Waals surface area contributed by atoms with Gasteiger partial charge in [-0.05, 0) is 35.9 Å². The first-order valence-corrected chi connectivity index (χ1v) is 11.1. The highest BCUT2D eigenvalue weighted by Crippen LogP contribution is 2.38. The van der Waals surface area contributed by atoms with Crippen molar-refractivity contribution in [2.75, 3.05) is 14.2 Å². The van der Waals surface area contributed by atoms with Crippen LogP contribution < -0.4 is 9.47 Å². The number of phenolic OH excluding ortho intramolecular Hbond substituents is 3. The molecular formula is C25H26O13. The number of phenols is 3. The zero-order chi connectivity index (χ0) is 28.2. The van der Waals surface area contributed by atoms with Gasteiger partial charge in [-0.3, -0.25) is 0 Å². The van der Waals surface area contributed by atoms with Gasteiger partial charge >= 0.3 is 17.9 Å². The Balaban J connectivity index is 1.85. The van der Waals surface area contributed by atoms with E-state index in [4.69, 9.17) is 18.9 Å². The molecule has 3 rings (SSSR count). The lowest BCUT2D eigenvalue weighted by Crippen LogP contribution is -2.58. The number of hydrogen-bond donors (Lipinski definition) is 6. The van der Waals surface area contributed by atoms with Crippen molar-refractivity contribution in [2.24, 2.45) is 0 Å². The number of carboxylic acids is 1. The SMILES string of the molecule is COc1cc(C(=O)O[C@@H]2C[C@@](O)(C(=O)O)C[C@@H](O)[C@@H]2OC(=O)/C=C/c2ccc(O)c(O)c2)cc(OC)c1O. The van der Waals surface area contributed by atoms with Gasteiger partial charge in [0.2, 0.25) is 5.75 Å². The van der Waals surface area contributed by atoms with Gasteiger partial charge in [-0.25, -0.2) is 14.4 Å². The fraction of sp³-hybridized carbons (Fsp3) is 0.320. The minimum Gasteiger partial charge on any atom is -0.504 e. The van der Waals surface area contributed by atoms with Gasteiger partial charge in [0.05, 0.1) is 25.9 Å². The largest absolute Gasteiger partial charge is 0.504 e. The van der Waals surface area contributed by atoms with Gasteiger partial charge in [-0.15, -0.1) is 0 Å². The predicted octanol–water partition coefficient (Wildman–Crippen LogP) is 0.942. The second-order valence-electron chi connectivity index (χ2n) is 8.47. The molecule has 4 atom stereocenters. The maximum atomic E-state index is 12.9. The lowest BCUT2D eigenvalue weighted by atomic mass is 9.79. The number of esters is 2. The first-order valence-electron chi connectivity index (χ1n) is 11.1. The Hall–Kier alpha value is -4.49. The number of carbonyl (C=O) groups excluding carboxylic acids is 2. The number of aliphatic hydroxyl groups is 2. The van der Waals surface area contributed by atoms with E-state index in [2.05, 4.69) is 0 Å². The standard InChI is InChI=1S/C25H26O13/c1-35-17-8-13(9-18(36-2)21(17)30)23(31)37-19-11-25(34,24(32)33)10-16(28)22(19)38-20(29)6-4-12-3-5-14(26)15(27)7-12/h3-9,16,19,22,26-28,30,34H,10-11H2,1-2H3,(H,32,33)/b6-4+/t16-,19-,22+,25-/m1/s1. The van der Waals surface area contributed by atoms with Crippen LogP contribution in [0.5, 0.6) is 28.7 Å². The number of carbonyl (C=O) groups is 3. The van der Waals surface area contributed by atoms with Crippen molar-refractivity contribution in [3.8, 4) is 28.7 Å². The van der Waals surface area contributed by atoms with E-state index in [0.29, 0.717) is 5.56 Å². The highest BCUT2D eigenvalue weighted by Gasteiger charge is 2.52. The average molecular weight is 534 g/mol. The molecule has 1 saturated carbocycles. The monoisotopic (exact) mass is 534 g/mol. The molecule has 6 N–H and O–H groups in total. The molecule has 0 aromatic heterocycles. The van der Waals surface area contributed by atoms with Crippen LogP contribution in [-0.2, 0) is 19.1 Å². The van der Waals surface area contributed by atoms with E-state index < -0.39 is 60.4 Å². The van der Waals surface area contributed by atoms with E-state index in [-0.39, 0.29) is 28.6 Å². The third-order valence-electron chi connectivity index (χ3n) is 5.87. The van der Waals surface area contributed by atoms with Crippen LogP contribution in [-0.4, -0.2) is 86.7 Å². The third kappa shape index (κ3) is 6.07. The maximum Gasteiger partial charge on any atom is 0.338 e. The lowest BCUT2D eigenvalue weighted by molar-refractivity contribution is -0.197. The fourth-order valence-electron chi connectivity index (χ4n) is 3.88. The van der Waals surface area contributed by atoms with Crippen molar-refractivity contribution in [2.45, 2.75) is 36.8 Å². The molecule has 1 aliphatic carbocycles. The van der Waals surface area contributed by atoms with E-state index in [1.54, 1.807) is 0 Å². The first kappa shape index (κ1) is 28.1. The number of aliphatic hydroxyl groups excluding tert-OH is 1. The van der Waals surface area contributed by atoms with E-state index in [9.17, 15) is 45.0 Å². The van der Waals surface area contributed by atoms with Crippen molar-refractivity contribution in [3.63, 3.8) is 0 Å². The first-order chi connectivity index (χ1) is 17.9.